The molecule has 6 heteroatoms. The predicted molar refractivity (Wildman–Crippen MR) is 73.4 cm³/mol. The highest BCUT2D eigenvalue weighted by Gasteiger charge is 2.31. The fraction of sp³-hybridized carbons (Fsp3) is 0.667. The van der Waals surface area contributed by atoms with Gasteiger partial charge in [-0.05, 0) is 12.8 Å². The molecule has 0 bridgehead atoms. The van der Waals surface area contributed by atoms with Crippen molar-refractivity contribution in [3.05, 3.63) is 17.0 Å². The SMILES string of the molecule is ClCc1c(Cl)ncnc1N1CCN(C2CC2)CC1. The average Bonchev–Trinajstić information content (AvgIpc) is 3.23. The van der Waals surface area contributed by atoms with Crippen LogP contribution in [-0.4, -0.2) is 47.1 Å². The van der Waals surface area contributed by atoms with Gasteiger partial charge in [-0.3, -0.25) is 4.90 Å². The van der Waals surface area contributed by atoms with E-state index in [9.17, 15) is 0 Å². The first-order valence-corrected chi connectivity index (χ1v) is 7.25. The maximum absolute atomic E-state index is 6.07. The first kappa shape index (κ1) is 12.5. The van der Waals surface area contributed by atoms with Crippen LogP contribution in [0.15, 0.2) is 6.33 Å². The Bertz CT molecular complexity index is 428. The van der Waals surface area contributed by atoms with E-state index in [1.165, 1.54) is 19.2 Å². The van der Waals surface area contributed by atoms with Gasteiger partial charge >= 0.3 is 0 Å². The minimum absolute atomic E-state index is 0.359. The summed E-state index contributed by atoms with van der Waals surface area (Å²) >= 11 is 12.0. The van der Waals surface area contributed by atoms with Crippen LogP contribution in [0.25, 0.3) is 0 Å². The number of hydrogen-bond acceptors (Lipinski definition) is 4. The summed E-state index contributed by atoms with van der Waals surface area (Å²) < 4.78 is 0. The van der Waals surface area contributed by atoms with E-state index in [1.54, 1.807) is 0 Å². The van der Waals surface area contributed by atoms with Gasteiger partial charge in [0.1, 0.15) is 17.3 Å². The van der Waals surface area contributed by atoms with Gasteiger partial charge in [0, 0.05) is 37.8 Å². The molecule has 2 aliphatic rings. The van der Waals surface area contributed by atoms with E-state index in [4.69, 9.17) is 23.2 Å². The van der Waals surface area contributed by atoms with Crippen molar-refractivity contribution in [2.75, 3.05) is 31.1 Å². The maximum atomic E-state index is 6.07. The second-order valence-electron chi connectivity index (χ2n) is 4.85. The highest BCUT2D eigenvalue weighted by Crippen LogP contribution is 2.30. The minimum Gasteiger partial charge on any atom is -0.354 e. The lowest BCUT2D eigenvalue weighted by atomic mass is 10.2. The third kappa shape index (κ3) is 2.42. The molecule has 1 aromatic rings. The molecule has 0 atom stereocenters. The quantitative estimate of drug-likeness (QED) is 0.630. The second kappa shape index (κ2) is 5.19. The lowest BCUT2D eigenvalue weighted by Gasteiger charge is -2.36. The zero-order chi connectivity index (χ0) is 12.5. The molecule has 0 unspecified atom stereocenters. The van der Waals surface area contributed by atoms with Crippen molar-refractivity contribution in [2.24, 2.45) is 0 Å². The summed E-state index contributed by atoms with van der Waals surface area (Å²) in [5.74, 6) is 1.26. The molecule has 1 saturated carbocycles. The van der Waals surface area contributed by atoms with Crippen molar-refractivity contribution in [1.82, 2.24) is 14.9 Å². The molecular weight excluding hydrogens is 271 g/mol. The Balaban J connectivity index is 1.73. The molecular formula is C12H16Cl2N4. The van der Waals surface area contributed by atoms with Gasteiger partial charge in [0.05, 0.1) is 5.88 Å². The van der Waals surface area contributed by atoms with Gasteiger partial charge in [0.2, 0.25) is 0 Å². The number of alkyl halides is 1. The lowest BCUT2D eigenvalue weighted by Crippen LogP contribution is -2.47. The standard InChI is InChI=1S/C12H16Cl2N4/c13-7-10-11(14)15-8-16-12(10)18-5-3-17(4-6-18)9-1-2-9/h8-9H,1-7H2. The number of nitrogens with zero attached hydrogens (tertiary/aromatic N) is 4. The lowest BCUT2D eigenvalue weighted by molar-refractivity contribution is 0.247. The van der Waals surface area contributed by atoms with Crippen molar-refractivity contribution in [1.29, 1.82) is 0 Å². The van der Waals surface area contributed by atoms with Gasteiger partial charge in [-0.15, -0.1) is 11.6 Å². The second-order valence-corrected chi connectivity index (χ2v) is 5.48. The number of piperazine rings is 1. The fourth-order valence-corrected chi connectivity index (χ4v) is 3.02. The van der Waals surface area contributed by atoms with Crippen molar-refractivity contribution in [3.63, 3.8) is 0 Å². The number of anilines is 1. The number of hydrogen-bond donors (Lipinski definition) is 0. The molecule has 1 aromatic heterocycles. The first-order chi connectivity index (χ1) is 8.79. The average molecular weight is 287 g/mol. The minimum atomic E-state index is 0.359. The molecule has 98 valence electrons. The third-order valence-electron chi connectivity index (χ3n) is 3.68. The number of halogens is 2. The van der Waals surface area contributed by atoms with Gasteiger partial charge in [0.15, 0.2) is 0 Å². The third-order valence-corrected chi connectivity index (χ3v) is 4.27. The molecule has 0 amide bonds. The molecule has 1 aliphatic heterocycles. The van der Waals surface area contributed by atoms with Crippen LogP contribution in [0, 0.1) is 0 Å². The zero-order valence-electron chi connectivity index (χ0n) is 10.1. The highest BCUT2D eigenvalue weighted by atomic mass is 35.5. The predicted octanol–water partition coefficient (Wildman–Crippen LogP) is 2.15. The molecule has 0 aromatic carbocycles. The van der Waals surface area contributed by atoms with Crippen molar-refractivity contribution in [3.8, 4) is 0 Å². The van der Waals surface area contributed by atoms with Crippen LogP contribution in [-0.2, 0) is 5.88 Å². The molecule has 0 spiro atoms. The van der Waals surface area contributed by atoms with Gasteiger partial charge < -0.3 is 4.90 Å². The summed E-state index contributed by atoms with van der Waals surface area (Å²) in [7, 11) is 0. The molecule has 0 radical (unpaired) electrons. The van der Waals surface area contributed by atoms with Crippen LogP contribution in [0.3, 0.4) is 0 Å². The van der Waals surface area contributed by atoms with Crippen molar-refractivity contribution >= 4 is 29.0 Å². The molecule has 2 fully saturated rings. The first-order valence-electron chi connectivity index (χ1n) is 6.34. The van der Waals surface area contributed by atoms with E-state index in [0.29, 0.717) is 11.0 Å². The Hall–Kier alpha value is -0.580. The Labute approximate surface area is 117 Å². The van der Waals surface area contributed by atoms with Crippen LogP contribution < -0.4 is 4.90 Å². The monoisotopic (exact) mass is 286 g/mol. The van der Waals surface area contributed by atoms with Crippen LogP contribution in [0.4, 0.5) is 5.82 Å². The topological polar surface area (TPSA) is 32.3 Å². The van der Waals surface area contributed by atoms with Gasteiger partial charge in [-0.1, -0.05) is 11.6 Å². The molecule has 2 heterocycles. The summed E-state index contributed by atoms with van der Waals surface area (Å²) in [6.45, 7) is 4.20. The Kier molecular flexibility index (Phi) is 3.59. The van der Waals surface area contributed by atoms with Crippen LogP contribution in [0.2, 0.25) is 5.15 Å². The molecule has 18 heavy (non-hydrogen) atoms. The van der Waals surface area contributed by atoms with Crippen molar-refractivity contribution in [2.45, 2.75) is 24.8 Å². The summed E-state index contributed by atoms with van der Waals surface area (Å²) in [6.07, 6.45) is 4.25. The molecule has 1 saturated heterocycles. The van der Waals surface area contributed by atoms with Crippen LogP contribution >= 0.6 is 23.2 Å². The molecule has 1 aliphatic carbocycles. The smallest absolute Gasteiger partial charge is 0.138 e. The van der Waals surface area contributed by atoms with Gasteiger partial charge in [0.25, 0.3) is 0 Å². The van der Waals surface area contributed by atoms with E-state index in [0.717, 1.165) is 43.6 Å². The van der Waals surface area contributed by atoms with Crippen LogP contribution in [0.5, 0.6) is 0 Å². The van der Waals surface area contributed by atoms with E-state index in [-0.39, 0.29) is 0 Å². The number of rotatable bonds is 3. The normalized spacial score (nSPS) is 21.3. The number of aromatic nitrogens is 2. The van der Waals surface area contributed by atoms with E-state index in [1.807, 2.05) is 0 Å². The van der Waals surface area contributed by atoms with E-state index in [2.05, 4.69) is 19.8 Å². The Morgan fingerprint density at radius 3 is 2.50 bits per heavy atom. The maximum Gasteiger partial charge on any atom is 0.138 e. The van der Waals surface area contributed by atoms with E-state index < -0.39 is 0 Å². The van der Waals surface area contributed by atoms with Gasteiger partial charge in [-0.2, -0.15) is 0 Å². The largest absolute Gasteiger partial charge is 0.354 e. The van der Waals surface area contributed by atoms with Gasteiger partial charge in [-0.25, -0.2) is 9.97 Å². The fourth-order valence-electron chi connectivity index (χ4n) is 2.51. The molecule has 3 rings (SSSR count). The molecule has 4 nitrogen and oxygen atoms in total. The summed E-state index contributed by atoms with van der Waals surface area (Å²) in [5.41, 5.74) is 0.848. The zero-order valence-corrected chi connectivity index (χ0v) is 11.7. The van der Waals surface area contributed by atoms with E-state index >= 15 is 0 Å². The summed E-state index contributed by atoms with van der Waals surface area (Å²) in [4.78, 5) is 13.2. The Morgan fingerprint density at radius 2 is 1.89 bits per heavy atom. The summed E-state index contributed by atoms with van der Waals surface area (Å²) in [5, 5.41) is 0.472. The van der Waals surface area contributed by atoms with Crippen molar-refractivity contribution < 1.29 is 0 Å². The highest BCUT2D eigenvalue weighted by molar-refractivity contribution is 6.31. The summed E-state index contributed by atoms with van der Waals surface area (Å²) in [6, 6.07) is 0.841. The molecule has 0 N–H and O–H groups in total. The van der Waals surface area contributed by atoms with Crippen LogP contribution in [0.1, 0.15) is 18.4 Å². The Morgan fingerprint density at radius 1 is 1.17 bits per heavy atom.